The molecule has 18 heavy (non-hydrogen) atoms. The first-order valence-electron chi connectivity index (χ1n) is 5.97. The molecule has 0 saturated carbocycles. The smallest absolute Gasteiger partial charge is 0.231 e. The number of fused-ring (bicyclic) bond motifs is 1. The van der Waals surface area contributed by atoms with E-state index in [4.69, 9.17) is 9.47 Å². The lowest BCUT2D eigenvalue weighted by atomic mass is 10.2. The number of amides is 1. The topological polar surface area (TPSA) is 50.8 Å². The Kier molecular flexibility index (Phi) is 4.04. The number of para-hydroxylation sites is 1. The first-order valence-corrected chi connectivity index (χ1v) is 5.97. The van der Waals surface area contributed by atoms with E-state index in [0.717, 1.165) is 17.1 Å². The molecule has 2 rings (SSSR count). The van der Waals surface area contributed by atoms with Crippen molar-refractivity contribution in [3.8, 4) is 11.5 Å². The quantitative estimate of drug-likeness (QED) is 0.792. The van der Waals surface area contributed by atoms with Crippen LogP contribution in [0.5, 0.6) is 11.5 Å². The molecule has 5 heteroatoms. The lowest BCUT2D eigenvalue weighted by Gasteiger charge is -2.11. The van der Waals surface area contributed by atoms with Gasteiger partial charge < -0.3 is 19.7 Å². The molecule has 0 aliphatic carbocycles. The highest BCUT2D eigenvalue weighted by Crippen LogP contribution is 2.35. The van der Waals surface area contributed by atoms with Crippen molar-refractivity contribution < 1.29 is 14.3 Å². The lowest BCUT2D eigenvalue weighted by Crippen LogP contribution is -2.26. The van der Waals surface area contributed by atoms with Gasteiger partial charge in [-0.3, -0.25) is 4.79 Å². The number of benzene rings is 1. The van der Waals surface area contributed by atoms with E-state index in [-0.39, 0.29) is 12.7 Å². The van der Waals surface area contributed by atoms with Gasteiger partial charge in [-0.05, 0) is 6.07 Å². The molecule has 1 aromatic rings. The summed E-state index contributed by atoms with van der Waals surface area (Å²) in [5.41, 5.74) is 1.06. The second-order valence-electron chi connectivity index (χ2n) is 4.37. The summed E-state index contributed by atoms with van der Waals surface area (Å²) in [6.45, 7) is 1.61. The van der Waals surface area contributed by atoms with E-state index < -0.39 is 0 Å². The fourth-order valence-corrected chi connectivity index (χ4v) is 1.77. The van der Waals surface area contributed by atoms with Crippen LogP contribution in [0.1, 0.15) is 12.0 Å². The van der Waals surface area contributed by atoms with E-state index in [1.165, 1.54) is 0 Å². The second-order valence-corrected chi connectivity index (χ2v) is 4.37. The van der Waals surface area contributed by atoms with Crippen molar-refractivity contribution in [2.24, 2.45) is 0 Å². The molecular formula is C13H18N2O3. The van der Waals surface area contributed by atoms with Gasteiger partial charge >= 0.3 is 0 Å². The first kappa shape index (κ1) is 12.7. The summed E-state index contributed by atoms with van der Waals surface area (Å²) >= 11 is 0. The van der Waals surface area contributed by atoms with Gasteiger partial charge in [0.05, 0.1) is 0 Å². The van der Waals surface area contributed by atoms with Crippen LogP contribution in [0.4, 0.5) is 0 Å². The Bertz CT molecular complexity index is 432. The molecular weight excluding hydrogens is 232 g/mol. The molecule has 0 spiro atoms. The summed E-state index contributed by atoms with van der Waals surface area (Å²) in [7, 11) is 3.52. The average molecular weight is 250 g/mol. The van der Waals surface area contributed by atoms with Crippen LogP contribution >= 0.6 is 0 Å². The number of carbonyl (C=O) groups is 1. The van der Waals surface area contributed by atoms with E-state index in [9.17, 15) is 4.79 Å². The largest absolute Gasteiger partial charge is 0.454 e. The maximum absolute atomic E-state index is 11.4. The van der Waals surface area contributed by atoms with E-state index in [0.29, 0.717) is 19.5 Å². The standard InChI is InChI=1S/C13H18N2O3/c1-15(2)12(16)6-7-14-8-10-4-3-5-11-13(10)18-9-17-11/h3-5,14H,6-9H2,1-2H3. The van der Waals surface area contributed by atoms with Gasteiger partial charge in [-0.15, -0.1) is 0 Å². The Morgan fingerprint density at radius 3 is 3.00 bits per heavy atom. The lowest BCUT2D eigenvalue weighted by molar-refractivity contribution is -0.128. The molecule has 98 valence electrons. The third kappa shape index (κ3) is 2.92. The molecule has 1 aliphatic rings. The van der Waals surface area contributed by atoms with Crippen LogP contribution in [0.15, 0.2) is 18.2 Å². The summed E-state index contributed by atoms with van der Waals surface area (Å²) in [6, 6.07) is 5.82. The molecule has 0 fully saturated rings. The predicted molar refractivity (Wildman–Crippen MR) is 67.6 cm³/mol. The van der Waals surface area contributed by atoms with Crippen LogP contribution in [0.2, 0.25) is 0 Å². The van der Waals surface area contributed by atoms with Crippen molar-refractivity contribution in [1.82, 2.24) is 10.2 Å². The summed E-state index contributed by atoms with van der Waals surface area (Å²) in [5, 5.41) is 3.23. The maximum atomic E-state index is 11.4. The number of nitrogens with one attached hydrogen (secondary N) is 1. The van der Waals surface area contributed by atoms with Crippen LogP contribution in [0, 0.1) is 0 Å². The van der Waals surface area contributed by atoms with Crippen molar-refractivity contribution in [1.29, 1.82) is 0 Å². The van der Waals surface area contributed by atoms with Crippen molar-refractivity contribution in [3.63, 3.8) is 0 Å². The number of hydrogen-bond acceptors (Lipinski definition) is 4. The van der Waals surface area contributed by atoms with Crippen LogP contribution < -0.4 is 14.8 Å². The molecule has 0 saturated heterocycles. The average Bonchev–Trinajstić information content (AvgIpc) is 2.83. The highest BCUT2D eigenvalue weighted by atomic mass is 16.7. The van der Waals surface area contributed by atoms with E-state index in [1.807, 2.05) is 18.2 Å². The molecule has 0 bridgehead atoms. The molecule has 0 radical (unpaired) electrons. The summed E-state index contributed by atoms with van der Waals surface area (Å²) < 4.78 is 10.7. The number of nitrogens with zero attached hydrogens (tertiary/aromatic N) is 1. The zero-order chi connectivity index (χ0) is 13.0. The van der Waals surface area contributed by atoms with Gasteiger partial charge in [-0.2, -0.15) is 0 Å². The Morgan fingerprint density at radius 1 is 1.39 bits per heavy atom. The second kappa shape index (κ2) is 5.73. The molecule has 1 heterocycles. The maximum Gasteiger partial charge on any atom is 0.231 e. The van der Waals surface area contributed by atoms with Crippen molar-refractivity contribution in [3.05, 3.63) is 23.8 Å². The SMILES string of the molecule is CN(C)C(=O)CCNCc1cccc2c1OCO2. The van der Waals surface area contributed by atoms with Crippen molar-refractivity contribution >= 4 is 5.91 Å². The molecule has 1 amide bonds. The summed E-state index contributed by atoms with van der Waals surface area (Å²) in [4.78, 5) is 13.0. The Labute approximate surface area is 107 Å². The molecule has 0 aromatic heterocycles. The highest BCUT2D eigenvalue weighted by Gasteiger charge is 2.16. The minimum atomic E-state index is 0.125. The normalized spacial score (nSPS) is 12.6. The minimum absolute atomic E-state index is 0.125. The summed E-state index contributed by atoms with van der Waals surface area (Å²) in [6.07, 6.45) is 0.499. The first-order chi connectivity index (χ1) is 8.68. The van der Waals surface area contributed by atoms with Gasteiger partial charge in [0.1, 0.15) is 0 Å². The molecule has 1 N–H and O–H groups in total. The highest BCUT2D eigenvalue weighted by molar-refractivity contribution is 5.75. The Morgan fingerprint density at radius 2 is 2.22 bits per heavy atom. The zero-order valence-electron chi connectivity index (χ0n) is 10.7. The Balaban J connectivity index is 1.81. The van der Waals surface area contributed by atoms with Crippen molar-refractivity contribution in [2.75, 3.05) is 27.4 Å². The fourth-order valence-electron chi connectivity index (χ4n) is 1.77. The van der Waals surface area contributed by atoms with Crippen LogP contribution in [-0.4, -0.2) is 38.2 Å². The molecule has 1 aliphatic heterocycles. The molecule has 0 atom stereocenters. The van der Waals surface area contributed by atoms with E-state index in [1.54, 1.807) is 19.0 Å². The predicted octanol–water partition coefficient (Wildman–Crippen LogP) is 0.983. The number of ether oxygens (including phenoxy) is 2. The molecule has 1 aromatic carbocycles. The number of carbonyl (C=O) groups excluding carboxylic acids is 1. The minimum Gasteiger partial charge on any atom is -0.454 e. The van der Waals surface area contributed by atoms with Gasteiger partial charge in [0.2, 0.25) is 12.7 Å². The Hall–Kier alpha value is -1.75. The van der Waals surface area contributed by atoms with Gasteiger partial charge in [0.15, 0.2) is 11.5 Å². The van der Waals surface area contributed by atoms with Gasteiger partial charge in [0.25, 0.3) is 0 Å². The van der Waals surface area contributed by atoms with Crippen LogP contribution in [-0.2, 0) is 11.3 Å². The number of rotatable bonds is 5. The van der Waals surface area contributed by atoms with Gasteiger partial charge in [0, 0.05) is 39.2 Å². The van der Waals surface area contributed by atoms with Crippen molar-refractivity contribution in [2.45, 2.75) is 13.0 Å². The van der Waals surface area contributed by atoms with E-state index >= 15 is 0 Å². The third-order valence-electron chi connectivity index (χ3n) is 2.81. The van der Waals surface area contributed by atoms with Crippen LogP contribution in [0.3, 0.4) is 0 Å². The monoisotopic (exact) mass is 250 g/mol. The number of hydrogen-bond donors (Lipinski definition) is 1. The van der Waals surface area contributed by atoms with Crippen LogP contribution in [0.25, 0.3) is 0 Å². The zero-order valence-corrected chi connectivity index (χ0v) is 10.7. The fraction of sp³-hybridized carbons (Fsp3) is 0.462. The molecule has 0 unspecified atom stereocenters. The summed E-state index contributed by atoms with van der Waals surface area (Å²) in [5.74, 6) is 1.72. The van der Waals surface area contributed by atoms with Gasteiger partial charge in [-0.1, -0.05) is 12.1 Å². The van der Waals surface area contributed by atoms with Gasteiger partial charge in [-0.25, -0.2) is 0 Å². The molecule has 5 nitrogen and oxygen atoms in total. The third-order valence-corrected chi connectivity index (χ3v) is 2.81. The van der Waals surface area contributed by atoms with E-state index in [2.05, 4.69) is 5.32 Å².